The van der Waals surface area contributed by atoms with Crippen molar-refractivity contribution in [2.75, 3.05) is 13.1 Å². The summed E-state index contributed by atoms with van der Waals surface area (Å²) in [5.41, 5.74) is 1.08. The number of nitriles is 1. The van der Waals surface area contributed by atoms with E-state index in [4.69, 9.17) is 5.26 Å². The lowest BCUT2D eigenvalue weighted by atomic mass is 10.1. The van der Waals surface area contributed by atoms with Gasteiger partial charge in [-0.2, -0.15) is 5.26 Å². The van der Waals surface area contributed by atoms with Crippen LogP contribution < -0.4 is 0 Å². The fraction of sp³-hybridized carbons (Fsp3) is 0.417. The highest BCUT2D eigenvalue weighted by Crippen LogP contribution is 2.15. The fourth-order valence-electron chi connectivity index (χ4n) is 1.95. The Morgan fingerprint density at radius 3 is 2.67 bits per heavy atom. The van der Waals surface area contributed by atoms with E-state index in [9.17, 15) is 4.39 Å². The minimum absolute atomic E-state index is 0.125. The summed E-state index contributed by atoms with van der Waals surface area (Å²) >= 11 is 0. The Morgan fingerprint density at radius 2 is 2.07 bits per heavy atom. The summed E-state index contributed by atoms with van der Waals surface area (Å²) in [6, 6.07) is 6.69. The lowest BCUT2D eigenvalue weighted by Crippen LogP contribution is -2.18. The van der Waals surface area contributed by atoms with Crippen LogP contribution in [-0.4, -0.2) is 18.0 Å². The van der Waals surface area contributed by atoms with Crippen molar-refractivity contribution < 1.29 is 4.39 Å². The number of nitrogens with zero attached hydrogens (tertiary/aromatic N) is 2. The highest BCUT2D eigenvalue weighted by Gasteiger charge is 2.12. The SMILES string of the molecule is N#Cc1ccc(CN2CCCC2)cc1F. The molecule has 0 unspecified atom stereocenters. The smallest absolute Gasteiger partial charge is 0.141 e. The second-order valence-electron chi connectivity index (χ2n) is 3.91. The van der Waals surface area contributed by atoms with E-state index in [2.05, 4.69) is 4.90 Å². The molecule has 3 heteroatoms. The van der Waals surface area contributed by atoms with Gasteiger partial charge in [0.1, 0.15) is 11.9 Å². The Hall–Kier alpha value is -1.40. The minimum Gasteiger partial charge on any atom is -0.299 e. The predicted molar refractivity (Wildman–Crippen MR) is 55.6 cm³/mol. The molecule has 1 fully saturated rings. The van der Waals surface area contributed by atoms with Crippen LogP contribution in [0.2, 0.25) is 0 Å². The van der Waals surface area contributed by atoms with Crippen molar-refractivity contribution in [3.05, 3.63) is 35.1 Å². The molecule has 0 atom stereocenters. The zero-order valence-corrected chi connectivity index (χ0v) is 8.54. The first-order valence-electron chi connectivity index (χ1n) is 5.20. The highest BCUT2D eigenvalue weighted by atomic mass is 19.1. The Kier molecular flexibility index (Phi) is 2.98. The van der Waals surface area contributed by atoms with Crippen LogP contribution in [0.15, 0.2) is 18.2 Å². The quantitative estimate of drug-likeness (QED) is 0.739. The Morgan fingerprint density at radius 1 is 1.33 bits per heavy atom. The number of likely N-dealkylation sites (tertiary alicyclic amines) is 1. The van der Waals surface area contributed by atoms with E-state index in [0.717, 1.165) is 25.2 Å². The first kappa shape index (κ1) is 10.1. The van der Waals surface area contributed by atoms with Crippen LogP contribution in [0.25, 0.3) is 0 Å². The molecular weight excluding hydrogens is 191 g/mol. The monoisotopic (exact) mass is 204 g/mol. The largest absolute Gasteiger partial charge is 0.299 e. The second kappa shape index (κ2) is 4.41. The summed E-state index contributed by atoms with van der Waals surface area (Å²) < 4.78 is 13.3. The molecule has 0 aliphatic carbocycles. The van der Waals surface area contributed by atoms with Crippen LogP contribution in [-0.2, 0) is 6.54 Å². The van der Waals surface area contributed by atoms with Gasteiger partial charge in [0.05, 0.1) is 5.56 Å². The molecule has 1 saturated heterocycles. The van der Waals surface area contributed by atoms with Crippen molar-refractivity contribution in [1.29, 1.82) is 5.26 Å². The topological polar surface area (TPSA) is 27.0 Å². The minimum atomic E-state index is -0.408. The number of hydrogen-bond donors (Lipinski definition) is 0. The lowest BCUT2D eigenvalue weighted by molar-refractivity contribution is 0.331. The maximum atomic E-state index is 13.3. The summed E-state index contributed by atoms with van der Waals surface area (Å²) in [6.07, 6.45) is 2.47. The molecule has 15 heavy (non-hydrogen) atoms. The van der Waals surface area contributed by atoms with Gasteiger partial charge in [-0.1, -0.05) is 6.07 Å². The molecule has 0 saturated carbocycles. The maximum absolute atomic E-state index is 13.3. The van der Waals surface area contributed by atoms with Crippen LogP contribution >= 0.6 is 0 Å². The normalized spacial score (nSPS) is 16.5. The Bertz CT molecular complexity index is 389. The van der Waals surface area contributed by atoms with Crippen LogP contribution in [0.4, 0.5) is 4.39 Å². The fourth-order valence-corrected chi connectivity index (χ4v) is 1.95. The van der Waals surface area contributed by atoms with Crippen molar-refractivity contribution in [1.82, 2.24) is 4.90 Å². The number of hydrogen-bond acceptors (Lipinski definition) is 2. The van der Waals surface area contributed by atoms with Gasteiger partial charge in [-0.05, 0) is 43.6 Å². The zero-order chi connectivity index (χ0) is 10.7. The molecule has 0 N–H and O–H groups in total. The van der Waals surface area contributed by atoms with Gasteiger partial charge < -0.3 is 0 Å². The summed E-state index contributed by atoms with van der Waals surface area (Å²) in [5, 5.41) is 8.59. The summed E-state index contributed by atoms with van der Waals surface area (Å²) in [7, 11) is 0. The van der Waals surface area contributed by atoms with Gasteiger partial charge in [0.15, 0.2) is 0 Å². The summed E-state index contributed by atoms with van der Waals surface area (Å²) in [5.74, 6) is -0.408. The zero-order valence-electron chi connectivity index (χ0n) is 8.54. The molecular formula is C12H13FN2. The average molecular weight is 204 g/mol. The Balaban J connectivity index is 2.09. The molecule has 0 radical (unpaired) electrons. The highest BCUT2D eigenvalue weighted by molar-refractivity contribution is 5.33. The molecule has 1 aliphatic heterocycles. The van der Waals surface area contributed by atoms with Gasteiger partial charge in [-0.3, -0.25) is 4.90 Å². The van der Waals surface area contributed by atoms with Crippen LogP contribution in [0.1, 0.15) is 24.0 Å². The van der Waals surface area contributed by atoms with Crippen molar-refractivity contribution in [3.63, 3.8) is 0 Å². The van der Waals surface area contributed by atoms with Gasteiger partial charge in [-0.15, -0.1) is 0 Å². The van der Waals surface area contributed by atoms with Crippen molar-refractivity contribution in [3.8, 4) is 6.07 Å². The van der Waals surface area contributed by atoms with Gasteiger partial charge in [0.2, 0.25) is 0 Å². The van der Waals surface area contributed by atoms with Crippen LogP contribution in [0.3, 0.4) is 0 Å². The number of benzene rings is 1. The molecule has 2 rings (SSSR count). The molecule has 78 valence electrons. The third kappa shape index (κ3) is 2.34. The van der Waals surface area contributed by atoms with Crippen LogP contribution in [0, 0.1) is 17.1 Å². The lowest BCUT2D eigenvalue weighted by Gasteiger charge is -2.14. The standard InChI is InChI=1S/C12H13FN2/c13-12-7-10(3-4-11(12)8-14)9-15-5-1-2-6-15/h3-4,7H,1-2,5-6,9H2. The van der Waals surface area contributed by atoms with Crippen molar-refractivity contribution >= 4 is 0 Å². The van der Waals surface area contributed by atoms with E-state index in [1.807, 2.05) is 12.1 Å². The number of rotatable bonds is 2. The maximum Gasteiger partial charge on any atom is 0.141 e. The number of halogens is 1. The summed E-state index contributed by atoms with van der Waals surface area (Å²) in [6.45, 7) is 2.99. The molecule has 2 nitrogen and oxygen atoms in total. The molecule has 1 aromatic rings. The van der Waals surface area contributed by atoms with Gasteiger partial charge in [-0.25, -0.2) is 4.39 Å². The van der Waals surface area contributed by atoms with Gasteiger partial charge in [0, 0.05) is 6.54 Å². The van der Waals surface area contributed by atoms with E-state index in [1.54, 1.807) is 6.07 Å². The molecule has 0 amide bonds. The van der Waals surface area contributed by atoms with Gasteiger partial charge >= 0.3 is 0 Å². The van der Waals surface area contributed by atoms with E-state index in [-0.39, 0.29) is 5.56 Å². The third-order valence-corrected chi connectivity index (χ3v) is 2.76. The molecule has 0 spiro atoms. The molecule has 0 aromatic heterocycles. The first-order valence-corrected chi connectivity index (χ1v) is 5.20. The molecule has 0 bridgehead atoms. The van der Waals surface area contributed by atoms with Crippen LogP contribution in [0.5, 0.6) is 0 Å². The third-order valence-electron chi connectivity index (χ3n) is 2.76. The van der Waals surface area contributed by atoms with Gasteiger partial charge in [0.25, 0.3) is 0 Å². The first-order chi connectivity index (χ1) is 7.29. The van der Waals surface area contributed by atoms with E-state index in [1.165, 1.54) is 18.9 Å². The molecule has 1 aliphatic rings. The second-order valence-corrected chi connectivity index (χ2v) is 3.91. The average Bonchev–Trinajstić information content (AvgIpc) is 2.71. The Labute approximate surface area is 88.9 Å². The summed E-state index contributed by atoms with van der Waals surface area (Å²) in [4.78, 5) is 2.31. The van der Waals surface area contributed by atoms with Crippen molar-refractivity contribution in [2.45, 2.75) is 19.4 Å². The predicted octanol–water partition coefficient (Wildman–Crippen LogP) is 2.29. The van der Waals surface area contributed by atoms with E-state index in [0.29, 0.717) is 0 Å². The molecule has 1 aromatic carbocycles. The molecule has 1 heterocycles. The van der Waals surface area contributed by atoms with E-state index < -0.39 is 5.82 Å². The van der Waals surface area contributed by atoms with Crippen molar-refractivity contribution in [2.24, 2.45) is 0 Å². The van der Waals surface area contributed by atoms with E-state index >= 15 is 0 Å².